The molecular formula is C14H19N5O. The van der Waals surface area contributed by atoms with Gasteiger partial charge in [0.05, 0.1) is 23.5 Å². The Morgan fingerprint density at radius 2 is 2.25 bits per heavy atom. The van der Waals surface area contributed by atoms with E-state index in [9.17, 15) is 4.79 Å². The standard InChI is InChI=1S/C14H19N5O/c20-14(17-6-3-11-1-4-15-5-2-11)12-9-18-19-8-7-16-10-13(12)19/h7-11,15H,1-6H2,(H,17,20). The topological polar surface area (TPSA) is 71.3 Å². The maximum atomic E-state index is 12.2. The fourth-order valence-electron chi connectivity index (χ4n) is 2.66. The monoisotopic (exact) mass is 273 g/mol. The summed E-state index contributed by atoms with van der Waals surface area (Å²) < 4.78 is 1.66. The van der Waals surface area contributed by atoms with E-state index in [0.29, 0.717) is 5.56 Å². The van der Waals surface area contributed by atoms with Crippen LogP contribution in [0.15, 0.2) is 24.8 Å². The van der Waals surface area contributed by atoms with Crippen LogP contribution in [0.4, 0.5) is 0 Å². The molecule has 0 bridgehead atoms. The van der Waals surface area contributed by atoms with E-state index in [-0.39, 0.29) is 5.91 Å². The van der Waals surface area contributed by atoms with Crippen molar-refractivity contribution in [3.05, 3.63) is 30.4 Å². The highest BCUT2D eigenvalue weighted by Crippen LogP contribution is 2.15. The quantitative estimate of drug-likeness (QED) is 0.866. The van der Waals surface area contributed by atoms with Crippen LogP contribution in [0.5, 0.6) is 0 Å². The summed E-state index contributed by atoms with van der Waals surface area (Å²) in [4.78, 5) is 16.2. The Kier molecular flexibility index (Phi) is 3.92. The number of nitrogens with zero attached hydrogens (tertiary/aromatic N) is 3. The first-order chi connectivity index (χ1) is 9.84. The van der Waals surface area contributed by atoms with E-state index in [2.05, 4.69) is 20.7 Å². The first kappa shape index (κ1) is 13.1. The molecule has 0 aliphatic carbocycles. The minimum atomic E-state index is -0.0677. The van der Waals surface area contributed by atoms with Crippen molar-refractivity contribution < 1.29 is 4.79 Å². The van der Waals surface area contributed by atoms with E-state index in [1.54, 1.807) is 29.3 Å². The van der Waals surface area contributed by atoms with Crippen molar-refractivity contribution in [2.45, 2.75) is 19.3 Å². The second-order valence-electron chi connectivity index (χ2n) is 5.20. The van der Waals surface area contributed by atoms with Gasteiger partial charge in [0, 0.05) is 18.9 Å². The Hall–Kier alpha value is -1.95. The zero-order valence-electron chi connectivity index (χ0n) is 11.4. The lowest BCUT2D eigenvalue weighted by Gasteiger charge is -2.22. The molecule has 1 saturated heterocycles. The molecule has 0 radical (unpaired) electrons. The number of hydrogen-bond donors (Lipinski definition) is 2. The third-order valence-electron chi connectivity index (χ3n) is 3.87. The summed E-state index contributed by atoms with van der Waals surface area (Å²) in [5, 5.41) is 10.5. The minimum absolute atomic E-state index is 0.0677. The Balaban J connectivity index is 1.56. The molecule has 2 N–H and O–H groups in total. The van der Waals surface area contributed by atoms with Crippen molar-refractivity contribution in [3.63, 3.8) is 0 Å². The summed E-state index contributed by atoms with van der Waals surface area (Å²) in [6, 6.07) is 0. The lowest BCUT2D eigenvalue weighted by atomic mass is 9.95. The normalized spacial score (nSPS) is 16.4. The van der Waals surface area contributed by atoms with Crippen molar-refractivity contribution in [1.29, 1.82) is 0 Å². The van der Waals surface area contributed by atoms with Gasteiger partial charge >= 0.3 is 0 Å². The smallest absolute Gasteiger partial charge is 0.255 e. The Labute approximate surface area is 117 Å². The first-order valence-corrected chi connectivity index (χ1v) is 7.11. The summed E-state index contributed by atoms with van der Waals surface area (Å²) >= 11 is 0. The summed E-state index contributed by atoms with van der Waals surface area (Å²) in [6.45, 7) is 2.91. The van der Waals surface area contributed by atoms with E-state index in [1.165, 1.54) is 12.8 Å². The maximum absolute atomic E-state index is 12.2. The van der Waals surface area contributed by atoms with E-state index in [0.717, 1.165) is 37.5 Å². The summed E-state index contributed by atoms with van der Waals surface area (Å²) in [6.07, 6.45) is 10.1. The molecule has 1 aliphatic heterocycles. The van der Waals surface area contributed by atoms with Gasteiger partial charge < -0.3 is 10.6 Å². The molecule has 0 saturated carbocycles. The highest BCUT2D eigenvalue weighted by Gasteiger charge is 2.15. The predicted molar refractivity (Wildman–Crippen MR) is 75.5 cm³/mol. The van der Waals surface area contributed by atoms with Gasteiger partial charge in [-0.2, -0.15) is 5.10 Å². The van der Waals surface area contributed by atoms with Crippen LogP contribution in [0.1, 0.15) is 29.6 Å². The number of carbonyl (C=O) groups is 1. The van der Waals surface area contributed by atoms with Gasteiger partial charge in [0.1, 0.15) is 0 Å². The second kappa shape index (κ2) is 6.00. The number of piperidine rings is 1. The highest BCUT2D eigenvalue weighted by atomic mass is 16.1. The molecule has 3 heterocycles. The van der Waals surface area contributed by atoms with Gasteiger partial charge in [-0.3, -0.25) is 9.78 Å². The van der Waals surface area contributed by atoms with Crippen LogP contribution < -0.4 is 10.6 Å². The third kappa shape index (κ3) is 2.80. The minimum Gasteiger partial charge on any atom is -0.352 e. The zero-order valence-corrected chi connectivity index (χ0v) is 11.4. The van der Waals surface area contributed by atoms with Crippen LogP contribution in [0.3, 0.4) is 0 Å². The molecular weight excluding hydrogens is 254 g/mol. The molecule has 0 aromatic carbocycles. The Morgan fingerprint density at radius 3 is 3.10 bits per heavy atom. The lowest BCUT2D eigenvalue weighted by Crippen LogP contribution is -2.31. The van der Waals surface area contributed by atoms with Crippen molar-refractivity contribution in [2.75, 3.05) is 19.6 Å². The SMILES string of the molecule is O=C(NCCC1CCNCC1)c1cnn2ccncc12. The van der Waals surface area contributed by atoms with E-state index < -0.39 is 0 Å². The molecule has 6 heteroatoms. The molecule has 2 aromatic rings. The van der Waals surface area contributed by atoms with Crippen LogP contribution in [0.2, 0.25) is 0 Å². The van der Waals surface area contributed by atoms with Crippen LogP contribution in [0, 0.1) is 5.92 Å². The maximum Gasteiger partial charge on any atom is 0.255 e. The predicted octanol–water partition coefficient (Wildman–Crippen LogP) is 0.849. The molecule has 2 aromatic heterocycles. The van der Waals surface area contributed by atoms with Crippen molar-refractivity contribution in [3.8, 4) is 0 Å². The summed E-state index contributed by atoms with van der Waals surface area (Å²) in [7, 11) is 0. The van der Waals surface area contributed by atoms with Gasteiger partial charge in [-0.05, 0) is 38.3 Å². The van der Waals surface area contributed by atoms with Gasteiger partial charge in [0.25, 0.3) is 5.91 Å². The number of carbonyl (C=O) groups excluding carboxylic acids is 1. The molecule has 1 fully saturated rings. The number of rotatable bonds is 4. The molecule has 1 amide bonds. The molecule has 6 nitrogen and oxygen atoms in total. The summed E-state index contributed by atoms with van der Waals surface area (Å²) in [5.41, 5.74) is 1.33. The van der Waals surface area contributed by atoms with Crippen molar-refractivity contribution in [2.24, 2.45) is 5.92 Å². The fourth-order valence-corrected chi connectivity index (χ4v) is 2.66. The number of aromatic nitrogens is 3. The Bertz CT molecular complexity index is 588. The number of amides is 1. The average molecular weight is 273 g/mol. The molecule has 0 spiro atoms. The molecule has 0 atom stereocenters. The van der Waals surface area contributed by atoms with Crippen molar-refractivity contribution in [1.82, 2.24) is 25.2 Å². The first-order valence-electron chi connectivity index (χ1n) is 7.11. The van der Waals surface area contributed by atoms with E-state index >= 15 is 0 Å². The van der Waals surface area contributed by atoms with Crippen LogP contribution >= 0.6 is 0 Å². The average Bonchev–Trinajstić information content (AvgIpc) is 2.92. The van der Waals surface area contributed by atoms with Gasteiger partial charge in [0.2, 0.25) is 0 Å². The van der Waals surface area contributed by atoms with Crippen molar-refractivity contribution >= 4 is 11.4 Å². The molecule has 0 unspecified atom stereocenters. The zero-order chi connectivity index (χ0) is 13.8. The van der Waals surface area contributed by atoms with E-state index in [1.807, 2.05) is 0 Å². The lowest BCUT2D eigenvalue weighted by molar-refractivity contribution is 0.0952. The molecule has 20 heavy (non-hydrogen) atoms. The van der Waals surface area contributed by atoms with Crippen LogP contribution in [-0.4, -0.2) is 40.1 Å². The largest absolute Gasteiger partial charge is 0.352 e. The summed E-state index contributed by atoms with van der Waals surface area (Å²) in [5.74, 6) is 0.657. The van der Waals surface area contributed by atoms with E-state index in [4.69, 9.17) is 0 Å². The fraction of sp³-hybridized carbons (Fsp3) is 0.500. The molecule has 3 rings (SSSR count). The third-order valence-corrected chi connectivity index (χ3v) is 3.87. The van der Waals surface area contributed by atoms with Crippen LogP contribution in [0.25, 0.3) is 5.52 Å². The van der Waals surface area contributed by atoms with Gasteiger partial charge in [-0.1, -0.05) is 0 Å². The van der Waals surface area contributed by atoms with Crippen LogP contribution in [-0.2, 0) is 0 Å². The molecule has 1 aliphatic rings. The number of fused-ring (bicyclic) bond motifs is 1. The number of nitrogens with one attached hydrogen (secondary N) is 2. The number of hydrogen-bond acceptors (Lipinski definition) is 4. The van der Waals surface area contributed by atoms with Gasteiger partial charge in [-0.15, -0.1) is 0 Å². The van der Waals surface area contributed by atoms with Gasteiger partial charge in [0.15, 0.2) is 0 Å². The Morgan fingerprint density at radius 1 is 1.40 bits per heavy atom. The molecule has 106 valence electrons. The second-order valence-corrected chi connectivity index (χ2v) is 5.20. The van der Waals surface area contributed by atoms with Gasteiger partial charge in [-0.25, -0.2) is 4.52 Å². The highest BCUT2D eigenvalue weighted by molar-refractivity contribution is 6.00.